The SMILES string of the molecule is Cn1nc(N)c2c(-c3ccc(NC(=O)C4(c5cccc(C(F)(F)F)c5)CC4)cc3)cncc21. The summed E-state index contributed by atoms with van der Waals surface area (Å²) in [6.07, 6.45) is -0.0351. The first kappa shape index (κ1) is 21.0. The molecular formula is C24H20F3N5O. The molecule has 6 nitrogen and oxygen atoms in total. The van der Waals surface area contributed by atoms with E-state index in [4.69, 9.17) is 5.73 Å². The molecule has 0 bridgehead atoms. The Balaban J connectivity index is 1.39. The number of halogens is 3. The van der Waals surface area contributed by atoms with Crippen LogP contribution in [0.15, 0.2) is 60.9 Å². The molecule has 1 aliphatic rings. The number of aryl methyl sites for hydroxylation is 1. The Hall–Kier alpha value is -3.88. The van der Waals surface area contributed by atoms with Crippen molar-refractivity contribution >= 4 is 28.3 Å². The van der Waals surface area contributed by atoms with E-state index in [1.165, 1.54) is 6.07 Å². The molecule has 2 heterocycles. The van der Waals surface area contributed by atoms with Crippen LogP contribution in [0, 0.1) is 0 Å². The number of nitrogens with one attached hydrogen (secondary N) is 1. The molecule has 2 aromatic carbocycles. The minimum Gasteiger partial charge on any atom is -0.382 e. The summed E-state index contributed by atoms with van der Waals surface area (Å²) in [6.45, 7) is 0. The van der Waals surface area contributed by atoms with E-state index in [-0.39, 0.29) is 5.91 Å². The number of hydrogen-bond acceptors (Lipinski definition) is 4. The summed E-state index contributed by atoms with van der Waals surface area (Å²) in [5, 5.41) is 7.90. The first-order valence-corrected chi connectivity index (χ1v) is 10.3. The van der Waals surface area contributed by atoms with Gasteiger partial charge < -0.3 is 11.1 Å². The Bertz CT molecular complexity index is 1370. The average Bonchev–Trinajstić information content (AvgIpc) is 3.55. The second kappa shape index (κ2) is 7.33. The number of hydrogen-bond donors (Lipinski definition) is 2. The van der Waals surface area contributed by atoms with Crippen LogP contribution in [0.3, 0.4) is 0 Å². The Morgan fingerprint density at radius 3 is 2.52 bits per heavy atom. The van der Waals surface area contributed by atoms with Gasteiger partial charge in [-0.1, -0.05) is 30.3 Å². The molecule has 0 saturated heterocycles. The van der Waals surface area contributed by atoms with Crippen LogP contribution in [0.1, 0.15) is 24.0 Å². The molecule has 5 rings (SSSR count). The van der Waals surface area contributed by atoms with Crippen molar-refractivity contribution in [2.75, 3.05) is 11.1 Å². The van der Waals surface area contributed by atoms with Crippen molar-refractivity contribution < 1.29 is 18.0 Å². The number of anilines is 2. The number of fused-ring (bicyclic) bond motifs is 1. The van der Waals surface area contributed by atoms with Crippen LogP contribution in [0.25, 0.3) is 22.0 Å². The minimum absolute atomic E-state index is 0.310. The highest BCUT2D eigenvalue weighted by atomic mass is 19.4. The largest absolute Gasteiger partial charge is 0.416 e. The lowest BCUT2D eigenvalue weighted by molar-refractivity contribution is -0.137. The number of rotatable bonds is 4. The molecule has 3 N–H and O–H groups in total. The summed E-state index contributed by atoms with van der Waals surface area (Å²) in [5.41, 5.74) is 7.81. The Labute approximate surface area is 187 Å². The summed E-state index contributed by atoms with van der Waals surface area (Å²) in [5.74, 6) is 0.0916. The fraction of sp³-hybridized carbons (Fsp3) is 0.208. The van der Waals surface area contributed by atoms with E-state index in [0.717, 1.165) is 34.2 Å². The van der Waals surface area contributed by atoms with Gasteiger partial charge >= 0.3 is 6.18 Å². The lowest BCUT2D eigenvalue weighted by atomic mass is 9.93. The van der Waals surface area contributed by atoms with E-state index in [0.29, 0.717) is 29.9 Å². The van der Waals surface area contributed by atoms with Gasteiger partial charge in [-0.2, -0.15) is 18.3 Å². The lowest BCUT2D eigenvalue weighted by Crippen LogP contribution is -2.28. The third-order valence-corrected chi connectivity index (χ3v) is 6.17. The molecule has 1 saturated carbocycles. The highest BCUT2D eigenvalue weighted by molar-refractivity contribution is 6.03. The summed E-state index contributed by atoms with van der Waals surface area (Å²) in [4.78, 5) is 17.3. The van der Waals surface area contributed by atoms with Crippen LogP contribution in [0.5, 0.6) is 0 Å². The van der Waals surface area contributed by atoms with Crippen LogP contribution >= 0.6 is 0 Å². The maximum atomic E-state index is 13.1. The van der Waals surface area contributed by atoms with Crippen molar-refractivity contribution in [1.82, 2.24) is 14.8 Å². The number of benzene rings is 2. The van der Waals surface area contributed by atoms with Crippen LogP contribution in [-0.2, 0) is 23.4 Å². The van der Waals surface area contributed by atoms with Crippen LogP contribution in [0.2, 0.25) is 0 Å². The van der Waals surface area contributed by atoms with E-state index in [9.17, 15) is 18.0 Å². The van der Waals surface area contributed by atoms with Gasteiger partial charge in [-0.15, -0.1) is 0 Å². The number of amides is 1. The van der Waals surface area contributed by atoms with E-state index in [1.807, 2.05) is 12.1 Å². The standard InChI is InChI=1S/C24H20F3N5O/c1-32-19-13-29-12-18(20(19)21(28)31-32)14-5-7-17(8-6-14)30-22(33)23(9-10-23)15-3-2-4-16(11-15)24(25,26)27/h2-8,11-13H,9-10H2,1H3,(H2,28,31)(H,30,33). The maximum Gasteiger partial charge on any atom is 0.416 e. The van der Waals surface area contributed by atoms with Crippen molar-refractivity contribution in [1.29, 1.82) is 0 Å². The summed E-state index contributed by atoms with van der Waals surface area (Å²) in [6, 6.07) is 12.2. The van der Waals surface area contributed by atoms with Crippen molar-refractivity contribution in [3.63, 3.8) is 0 Å². The maximum absolute atomic E-state index is 13.1. The fourth-order valence-corrected chi connectivity index (χ4v) is 4.20. The molecule has 1 aliphatic carbocycles. The van der Waals surface area contributed by atoms with Crippen molar-refractivity contribution in [3.05, 3.63) is 72.1 Å². The van der Waals surface area contributed by atoms with Crippen LogP contribution in [-0.4, -0.2) is 20.7 Å². The normalized spacial score (nSPS) is 14.9. The Morgan fingerprint density at radius 1 is 1.12 bits per heavy atom. The molecule has 2 aromatic heterocycles. The second-order valence-corrected chi connectivity index (χ2v) is 8.28. The number of nitrogen functional groups attached to an aromatic ring is 1. The predicted octanol–water partition coefficient (Wildman–Crippen LogP) is 4.91. The van der Waals surface area contributed by atoms with Crippen molar-refractivity contribution in [3.8, 4) is 11.1 Å². The predicted molar refractivity (Wildman–Crippen MR) is 119 cm³/mol. The zero-order valence-electron chi connectivity index (χ0n) is 17.6. The zero-order valence-corrected chi connectivity index (χ0v) is 17.6. The number of nitrogens with zero attached hydrogens (tertiary/aromatic N) is 3. The third kappa shape index (κ3) is 3.59. The fourth-order valence-electron chi connectivity index (χ4n) is 4.20. The Morgan fingerprint density at radius 2 is 1.85 bits per heavy atom. The molecule has 1 fully saturated rings. The monoisotopic (exact) mass is 451 g/mol. The zero-order chi connectivity index (χ0) is 23.4. The number of aromatic nitrogens is 3. The van der Waals surface area contributed by atoms with Crippen molar-refractivity contribution in [2.45, 2.75) is 24.4 Å². The number of nitrogens with two attached hydrogens (primary N) is 1. The first-order chi connectivity index (χ1) is 15.7. The third-order valence-electron chi connectivity index (χ3n) is 6.17. The molecule has 0 unspecified atom stereocenters. The summed E-state index contributed by atoms with van der Waals surface area (Å²) < 4.78 is 41.0. The molecule has 4 aromatic rings. The van der Waals surface area contributed by atoms with E-state index < -0.39 is 17.2 Å². The molecule has 0 aliphatic heterocycles. The van der Waals surface area contributed by atoms with Gasteiger partial charge in [0.2, 0.25) is 5.91 Å². The smallest absolute Gasteiger partial charge is 0.382 e. The molecule has 1 amide bonds. The van der Waals surface area contributed by atoms with Gasteiger partial charge in [-0.25, -0.2) is 0 Å². The summed E-state index contributed by atoms with van der Waals surface area (Å²) in [7, 11) is 1.79. The second-order valence-electron chi connectivity index (χ2n) is 8.28. The van der Waals surface area contributed by atoms with E-state index in [2.05, 4.69) is 15.4 Å². The first-order valence-electron chi connectivity index (χ1n) is 10.3. The van der Waals surface area contributed by atoms with Gasteiger partial charge in [-0.05, 0) is 42.2 Å². The number of alkyl halides is 3. The highest BCUT2D eigenvalue weighted by Gasteiger charge is 2.51. The van der Waals surface area contributed by atoms with Gasteiger partial charge in [0.1, 0.15) is 0 Å². The minimum atomic E-state index is -4.45. The molecule has 168 valence electrons. The van der Waals surface area contributed by atoms with Crippen LogP contribution < -0.4 is 11.1 Å². The quantitative estimate of drug-likeness (QED) is 0.462. The molecule has 0 radical (unpaired) electrons. The number of carbonyl (C=O) groups excluding carboxylic acids is 1. The molecule has 33 heavy (non-hydrogen) atoms. The van der Waals surface area contributed by atoms with Crippen LogP contribution in [0.4, 0.5) is 24.7 Å². The lowest BCUT2D eigenvalue weighted by Gasteiger charge is -2.18. The topological polar surface area (TPSA) is 85.8 Å². The van der Waals surface area contributed by atoms with Gasteiger partial charge in [-0.3, -0.25) is 14.5 Å². The number of pyridine rings is 1. The number of carbonyl (C=O) groups is 1. The molecule has 0 atom stereocenters. The van der Waals surface area contributed by atoms with Gasteiger partial charge in [0.25, 0.3) is 0 Å². The molecular weight excluding hydrogens is 431 g/mol. The Kier molecular flexibility index (Phi) is 4.66. The van der Waals surface area contributed by atoms with Gasteiger partial charge in [0, 0.05) is 24.5 Å². The van der Waals surface area contributed by atoms with Gasteiger partial charge in [0.05, 0.1) is 28.1 Å². The van der Waals surface area contributed by atoms with Gasteiger partial charge in [0.15, 0.2) is 5.82 Å². The molecule has 0 spiro atoms. The molecule has 9 heteroatoms. The highest BCUT2D eigenvalue weighted by Crippen LogP contribution is 2.50. The van der Waals surface area contributed by atoms with Crippen molar-refractivity contribution in [2.24, 2.45) is 7.05 Å². The average molecular weight is 451 g/mol. The van der Waals surface area contributed by atoms with E-state index >= 15 is 0 Å². The summed E-state index contributed by atoms with van der Waals surface area (Å²) >= 11 is 0. The van der Waals surface area contributed by atoms with E-state index in [1.54, 1.807) is 42.3 Å².